The van der Waals surface area contributed by atoms with Gasteiger partial charge in [0, 0.05) is 41.5 Å². The van der Waals surface area contributed by atoms with E-state index in [9.17, 15) is 9.59 Å². The smallest absolute Gasteiger partial charge is 0.243 e. The highest BCUT2D eigenvalue weighted by Crippen LogP contribution is 2.27. The van der Waals surface area contributed by atoms with Gasteiger partial charge >= 0.3 is 0 Å². The molecule has 3 rings (SSSR count). The highest BCUT2D eigenvalue weighted by atomic mass is 35.5. The van der Waals surface area contributed by atoms with Crippen LogP contribution in [0, 0.1) is 6.92 Å². The number of nitrogens with one attached hydrogen (secondary N) is 1. The molecule has 0 aromatic heterocycles. The molecule has 0 spiro atoms. The van der Waals surface area contributed by atoms with E-state index < -0.39 is 6.04 Å². The molecule has 0 bridgehead atoms. The van der Waals surface area contributed by atoms with Crippen molar-refractivity contribution in [3.05, 3.63) is 105 Å². The molecule has 0 fully saturated rings. The van der Waals surface area contributed by atoms with Crippen LogP contribution in [-0.2, 0) is 29.0 Å². The molecule has 2 amide bonds. The third kappa shape index (κ3) is 7.09. The summed E-state index contributed by atoms with van der Waals surface area (Å²) in [5, 5.41) is 3.84. The second-order valence-electron chi connectivity index (χ2n) is 8.31. The summed E-state index contributed by atoms with van der Waals surface area (Å²) in [6.07, 6.45) is 1.25. The summed E-state index contributed by atoms with van der Waals surface area (Å²) in [4.78, 5) is 28.4. The lowest BCUT2D eigenvalue weighted by molar-refractivity contribution is -0.141. The maximum absolute atomic E-state index is 13.6. The molecule has 0 radical (unpaired) electrons. The van der Waals surface area contributed by atoms with E-state index >= 15 is 0 Å². The van der Waals surface area contributed by atoms with Crippen molar-refractivity contribution in [1.82, 2.24) is 10.2 Å². The van der Waals surface area contributed by atoms with Crippen molar-refractivity contribution in [2.24, 2.45) is 0 Å². The van der Waals surface area contributed by atoms with Gasteiger partial charge in [-0.25, -0.2) is 0 Å². The van der Waals surface area contributed by atoms with Crippen molar-refractivity contribution < 1.29 is 9.59 Å². The minimum Gasteiger partial charge on any atom is -0.355 e. The third-order valence-electron chi connectivity index (χ3n) is 5.76. The summed E-state index contributed by atoms with van der Waals surface area (Å²) in [6, 6.07) is 22.4. The first-order valence-corrected chi connectivity index (χ1v) is 12.2. The van der Waals surface area contributed by atoms with Gasteiger partial charge in [0.05, 0.1) is 0 Å². The summed E-state index contributed by atoms with van der Waals surface area (Å²) in [5.41, 5.74) is 3.86. The van der Waals surface area contributed by atoms with E-state index in [0.717, 1.165) is 11.1 Å². The largest absolute Gasteiger partial charge is 0.355 e. The number of amides is 2. The first-order chi connectivity index (χ1) is 16.4. The molecule has 4 nitrogen and oxygen atoms in total. The number of hydrogen-bond acceptors (Lipinski definition) is 2. The van der Waals surface area contributed by atoms with Gasteiger partial charge in [0.25, 0.3) is 0 Å². The summed E-state index contributed by atoms with van der Waals surface area (Å²) >= 11 is 12.9. The summed E-state index contributed by atoms with van der Waals surface area (Å²) in [6.45, 7) is 4.53. The molecule has 0 aliphatic heterocycles. The second-order valence-corrected chi connectivity index (χ2v) is 9.12. The fourth-order valence-corrected chi connectivity index (χ4v) is 4.37. The Morgan fingerprint density at radius 3 is 2.15 bits per heavy atom. The molecule has 0 heterocycles. The first-order valence-electron chi connectivity index (χ1n) is 11.5. The minimum atomic E-state index is -0.694. The van der Waals surface area contributed by atoms with Crippen LogP contribution < -0.4 is 5.32 Å². The van der Waals surface area contributed by atoms with E-state index in [1.54, 1.807) is 23.1 Å². The number of likely N-dealkylation sites (N-methyl/N-ethyl adjacent to an activating group) is 1. The Labute approximate surface area is 211 Å². The number of carbonyl (C=O) groups excluding carboxylic acids is 2. The first kappa shape index (κ1) is 25.8. The van der Waals surface area contributed by atoms with Gasteiger partial charge < -0.3 is 10.2 Å². The van der Waals surface area contributed by atoms with Gasteiger partial charge in [-0.2, -0.15) is 0 Å². The van der Waals surface area contributed by atoms with Crippen molar-refractivity contribution in [2.45, 2.75) is 45.7 Å². The van der Waals surface area contributed by atoms with E-state index in [2.05, 4.69) is 5.32 Å². The fourth-order valence-electron chi connectivity index (χ4n) is 3.85. The van der Waals surface area contributed by atoms with Crippen molar-refractivity contribution in [3.63, 3.8) is 0 Å². The lowest BCUT2D eigenvalue weighted by Crippen LogP contribution is -2.50. The van der Waals surface area contributed by atoms with Gasteiger partial charge in [-0.1, -0.05) is 89.4 Å². The highest BCUT2D eigenvalue weighted by molar-refractivity contribution is 6.36. The number of carbonyl (C=O) groups is 2. The topological polar surface area (TPSA) is 49.4 Å². The monoisotopic (exact) mass is 496 g/mol. The Morgan fingerprint density at radius 2 is 1.53 bits per heavy atom. The Balaban J connectivity index is 1.93. The van der Waals surface area contributed by atoms with Crippen LogP contribution in [0.1, 0.15) is 35.6 Å². The van der Waals surface area contributed by atoms with Crippen LogP contribution in [0.15, 0.2) is 72.8 Å². The molecule has 3 aromatic rings. The van der Waals surface area contributed by atoms with Gasteiger partial charge in [0.2, 0.25) is 11.8 Å². The molecular formula is C28H30Cl2N2O2. The second kappa shape index (κ2) is 12.6. The number of nitrogens with zero attached hydrogens (tertiary/aromatic N) is 1. The zero-order valence-electron chi connectivity index (χ0n) is 19.6. The van der Waals surface area contributed by atoms with Crippen LogP contribution >= 0.6 is 23.2 Å². The van der Waals surface area contributed by atoms with Crippen molar-refractivity contribution >= 4 is 35.0 Å². The molecule has 1 atom stereocenters. The van der Waals surface area contributed by atoms with Crippen LogP contribution in [0.25, 0.3) is 0 Å². The number of aryl methyl sites for hydroxylation is 2. The normalized spacial score (nSPS) is 11.6. The van der Waals surface area contributed by atoms with Crippen molar-refractivity contribution in [1.29, 1.82) is 0 Å². The maximum atomic E-state index is 13.6. The lowest BCUT2D eigenvalue weighted by atomic mass is 10.0. The Bertz CT molecular complexity index is 1080. The molecule has 34 heavy (non-hydrogen) atoms. The van der Waals surface area contributed by atoms with E-state index in [1.807, 2.05) is 68.4 Å². The van der Waals surface area contributed by atoms with Gasteiger partial charge in [0.1, 0.15) is 6.04 Å². The molecule has 1 N–H and O–H groups in total. The molecule has 0 unspecified atom stereocenters. The zero-order chi connectivity index (χ0) is 24.5. The number of hydrogen-bond donors (Lipinski definition) is 1. The average Bonchev–Trinajstić information content (AvgIpc) is 2.83. The minimum absolute atomic E-state index is 0.122. The molecule has 178 valence electrons. The Morgan fingerprint density at radius 1 is 0.882 bits per heavy atom. The Kier molecular flexibility index (Phi) is 9.55. The standard InChI is InChI=1S/C28H30Cl2N2O2/c1-3-31-28(34)26(18-22-8-5-4-6-9-22)32(19-23-24(29)10-7-11-25(23)30)27(33)17-16-21-14-12-20(2)13-15-21/h4-15,26H,3,16-19H2,1-2H3,(H,31,34)/t26-/m1/s1. The summed E-state index contributed by atoms with van der Waals surface area (Å²) in [5.74, 6) is -0.318. The third-order valence-corrected chi connectivity index (χ3v) is 6.47. The number of halogens is 2. The summed E-state index contributed by atoms with van der Waals surface area (Å²) in [7, 11) is 0. The predicted octanol–water partition coefficient (Wildman–Crippen LogP) is 6.01. The van der Waals surface area contributed by atoms with E-state index in [1.165, 1.54) is 5.56 Å². The SMILES string of the molecule is CCNC(=O)[C@@H](Cc1ccccc1)N(Cc1c(Cl)cccc1Cl)C(=O)CCc1ccc(C)cc1. The number of benzene rings is 3. The van der Waals surface area contributed by atoms with E-state index in [0.29, 0.717) is 35.0 Å². The van der Waals surface area contributed by atoms with Crippen LogP contribution in [-0.4, -0.2) is 29.3 Å². The molecule has 6 heteroatoms. The molecule has 0 aliphatic carbocycles. The van der Waals surface area contributed by atoms with Gasteiger partial charge in [-0.3, -0.25) is 9.59 Å². The fraction of sp³-hybridized carbons (Fsp3) is 0.286. The quantitative estimate of drug-likeness (QED) is 0.373. The summed E-state index contributed by atoms with van der Waals surface area (Å²) < 4.78 is 0. The average molecular weight is 497 g/mol. The molecule has 0 aliphatic rings. The van der Waals surface area contributed by atoms with Gasteiger partial charge in [0.15, 0.2) is 0 Å². The van der Waals surface area contributed by atoms with Gasteiger partial charge in [-0.05, 0) is 43.5 Å². The van der Waals surface area contributed by atoms with E-state index in [-0.39, 0.29) is 24.8 Å². The van der Waals surface area contributed by atoms with Crippen LogP contribution in [0.2, 0.25) is 10.0 Å². The van der Waals surface area contributed by atoms with Crippen molar-refractivity contribution in [3.8, 4) is 0 Å². The predicted molar refractivity (Wildman–Crippen MR) is 139 cm³/mol. The molecule has 0 saturated heterocycles. The van der Waals surface area contributed by atoms with Crippen LogP contribution in [0.4, 0.5) is 0 Å². The zero-order valence-corrected chi connectivity index (χ0v) is 21.1. The molecular weight excluding hydrogens is 467 g/mol. The highest BCUT2D eigenvalue weighted by Gasteiger charge is 2.30. The van der Waals surface area contributed by atoms with Crippen LogP contribution in [0.3, 0.4) is 0 Å². The van der Waals surface area contributed by atoms with Crippen molar-refractivity contribution in [2.75, 3.05) is 6.54 Å². The van der Waals surface area contributed by atoms with E-state index in [4.69, 9.17) is 23.2 Å². The molecule has 0 saturated carbocycles. The molecule has 3 aromatic carbocycles. The maximum Gasteiger partial charge on any atom is 0.243 e. The lowest BCUT2D eigenvalue weighted by Gasteiger charge is -2.32. The number of rotatable bonds is 10. The van der Waals surface area contributed by atoms with Crippen LogP contribution in [0.5, 0.6) is 0 Å². The Hall–Kier alpha value is -2.82. The van der Waals surface area contributed by atoms with Gasteiger partial charge in [-0.15, -0.1) is 0 Å².